The molecule has 2 rings (SSSR count). The molecule has 0 radical (unpaired) electrons. The Balaban J connectivity index is 1.77. The van der Waals surface area contributed by atoms with E-state index in [9.17, 15) is 9.59 Å². The van der Waals surface area contributed by atoms with Crippen LogP contribution in [-0.4, -0.2) is 59.5 Å². The van der Waals surface area contributed by atoms with Crippen molar-refractivity contribution in [1.29, 1.82) is 0 Å². The van der Waals surface area contributed by atoms with Gasteiger partial charge < -0.3 is 10.0 Å². The Labute approximate surface area is 128 Å². The smallest absolute Gasteiger partial charge is 0.304 e. The number of hydrogen-bond acceptors (Lipinski definition) is 4. The highest BCUT2D eigenvalue weighted by atomic mass is 32.1. The van der Waals surface area contributed by atoms with Crippen LogP contribution in [-0.2, 0) is 9.59 Å². The molecule has 0 unspecified atom stereocenters. The molecular formula is C15H20N2O3S. The average molecular weight is 308 g/mol. The summed E-state index contributed by atoms with van der Waals surface area (Å²) in [7, 11) is 0. The lowest BCUT2D eigenvalue weighted by atomic mass is 10.2. The normalized spacial score (nSPS) is 16.5. The predicted octanol–water partition coefficient (Wildman–Crippen LogP) is 1.69. The van der Waals surface area contributed by atoms with Crippen LogP contribution in [0.25, 0.3) is 6.08 Å². The predicted molar refractivity (Wildman–Crippen MR) is 83.4 cm³/mol. The van der Waals surface area contributed by atoms with Gasteiger partial charge in [-0.1, -0.05) is 0 Å². The lowest BCUT2D eigenvalue weighted by molar-refractivity contribution is -0.138. The maximum Gasteiger partial charge on any atom is 0.304 e. The standard InChI is InChI=1S/C15H20N2O3S/c1-12-2-3-13(21-12)4-5-14(18)17-10-8-16(9-11-17)7-6-15(19)20/h2-5H,6-11H2,1H3,(H,19,20)/b5-4+. The van der Waals surface area contributed by atoms with Gasteiger partial charge in [-0.15, -0.1) is 11.3 Å². The summed E-state index contributed by atoms with van der Waals surface area (Å²) in [6, 6.07) is 4.05. The third-order valence-corrected chi connectivity index (χ3v) is 4.44. The number of rotatable bonds is 5. The van der Waals surface area contributed by atoms with Crippen molar-refractivity contribution in [2.45, 2.75) is 13.3 Å². The van der Waals surface area contributed by atoms with E-state index in [1.165, 1.54) is 4.88 Å². The van der Waals surface area contributed by atoms with E-state index in [4.69, 9.17) is 5.11 Å². The quantitative estimate of drug-likeness (QED) is 0.841. The summed E-state index contributed by atoms with van der Waals surface area (Å²) in [5, 5.41) is 8.66. The van der Waals surface area contributed by atoms with Gasteiger partial charge in [0.05, 0.1) is 6.42 Å². The summed E-state index contributed by atoms with van der Waals surface area (Å²) >= 11 is 1.66. The molecule has 1 aromatic rings. The van der Waals surface area contributed by atoms with Crippen molar-refractivity contribution < 1.29 is 14.7 Å². The number of aliphatic carboxylic acids is 1. The van der Waals surface area contributed by atoms with Gasteiger partial charge >= 0.3 is 5.97 Å². The van der Waals surface area contributed by atoms with Crippen molar-refractivity contribution in [3.05, 3.63) is 28.0 Å². The zero-order valence-electron chi connectivity index (χ0n) is 12.1. The molecule has 1 N–H and O–H groups in total. The summed E-state index contributed by atoms with van der Waals surface area (Å²) in [6.45, 7) is 5.40. The van der Waals surface area contributed by atoms with E-state index >= 15 is 0 Å². The SMILES string of the molecule is Cc1ccc(/C=C/C(=O)N2CCN(CCC(=O)O)CC2)s1. The van der Waals surface area contributed by atoms with Crippen molar-refractivity contribution in [2.75, 3.05) is 32.7 Å². The molecule has 1 fully saturated rings. The molecule has 21 heavy (non-hydrogen) atoms. The van der Waals surface area contributed by atoms with Crippen molar-refractivity contribution in [2.24, 2.45) is 0 Å². The third kappa shape index (κ3) is 4.99. The van der Waals surface area contributed by atoms with Gasteiger partial charge in [-0.05, 0) is 25.1 Å². The first kappa shape index (κ1) is 15.7. The van der Waals surface area contributed by atoms with Gasteiger partial charge in [-0.3, -0.25) is 14.5 Å². The van der Waals surface area contributed by atoms with Gasteiger partial charge in [0.15, 0.2) is 0 Å². The molecule has 0 spiro atoms. The van der Waals surface area contributed by atoms with Crippen LogP contribution >= 0.6 is 11.3 Å². The van der Waals surface area contributed by atoms with Gasteiger partial charge in [-0.25, -0.2) is 0 Å². The zero-order valence-corrected chi connectivity index (χ0v) is 12.9. The topological polar surface area (TPSA) is 60.9 Å². The number of carbonyl (C=O) groups is 2. The molecule has 2 heterocycles. The van der Waals surface area contributed by atoms with Gasteiger partial charge in [-0.2, -0.15) is 0 Å². The van der Waals surface area contributed by atoms with Crippen LogP contribution in [0.3, 0.4) is 0 Å². The molecular weight excluding hydrogens is 288 g/mol. The summed E-state index contributed by atoms with van der Waals surface area (Å²) in [6.07, 6.45) is 3.64. The molecule has 6 heteroatoms. The van der Waals surface area contributed by atoms with Gasteiger partial charge in [0, 0.05) is 48.6 Å². The minimum Gasteiger partial charge on any atom is -0.481 e. The van der Waals surface area contributed by atoms with Crippen LogP contribution in [0.1, 0.15) is 16.2 Å². The number of piperazine rings is 1. The van der Waals surface area contributed by atoms with Gasteiger partial charge in [0.25, 0.3) is 0 Å². The number of amides is 1. The summed E-state index contributed by atoms with van der Waals surface area (Å²) < 4.78 is 0. The van der Waals surface area contributed by atoms with E-state index in [1.54, 1.807) is 17.4 Å². The first-order valence-electron chi connectivity index (χ1n) is 7.02. The highest BCUT2D eigenvalue weighted by Crippen LogP contribution is 2.16. The second-order valence-corrected chi connectivity index (χ2v) is 6.41. The first-order chi connectivity index (χ1) is 10.0. The van der Waals surface area contributed by atoms with E-state index in [0.717, 1.165) is 18.0 Å². The van der Waals surface area contributed by atoms with Crippen LogP contribution in [0.15, 0.2) is 18.2 Å². The fourth-order valence-corrected chi connectivity index (χ4v) is 3.03. The maximum atomic E-state index is 12.1. The molecule has 1 aromatic heterocycles. The number of hydrogen-bond donors (Lipinski definition) is 1. The highest BCUT2D eigenvalue weighted by Gasteiger charge is 2.19. The largest absolute Gasteiger partial charge is 0.481 e. The highest BCUT2D eigenvalue weighted by molar-refractivity contribution is 7.12. The van der Waals surface area contributed by atoms with Crippen LogP contribution in [0, 0.1) is 6.92 Å². The Morgan fingerprint density at radius 2 is 2.00 bits per heavy atom. The zero-order chi connectivity index (χ0) is 15.2. The third-order valence-electron chi connectivity index (χ3n) is 3.48. The molecule has 1 amide bonds. The van der Waals surface area contributed by atoms with Crippen molar-refractivity contribution in [3.63, 3.8) is 0 Å². The molecule has 0 saturated carbocycles. The lowest BCUT2D eigenvalue weighted by Gasteiger charge is -2.33. The van der Waals surface area contributed by atoms with Gasteiger partial charge in [0.2, 0.25) is 5.91 Å². The Hall–Kier alpha value is -1.66. The maximum absolute atomic E-state index is 12.1. The Morgan fingerprint density at radius 3 is 2.57 bits per heavy atom. The Kier molecular flexibility index (Phi) is 5.52. The monoisotopic (exact) mass is 308 g/mol. The second-order valence-electron chi connectivity index (χ2n) is 5.09. The van der Waals surface area contributed by atoms with Crippen LogP contribution in [0.5, 0.6) is 0 Å². The number of carboxylic acid groups (broad SMARTS) is 1. The Morgan fingerprint density at radius 1 is 1.29 bits per heavy atom. The van der Waals surface area contributed by atoms with Crippen LogP contribution in [0.2, 0.25) is 0 Å². The average Bonchev–Trinajstić information content (AvgIpc) is 2.89. The van der Waals surface area contributed by atoms with E-state index in [-0.39, 0.29) is 12.3 Å². The first-order valence-corrected chi connectivity index (χ1v) is 7.84. The number of aryl methyl sites for hydroxylation is 1. The molecule has 1 saturated heterocycles. The summed E-state index contributed by atoms with van der Waals surface area (Å²) in [5.74, 6) is -0.749. The molecule has 1 aliphatic heterocycles. The lowest BCUT2D eigenvalue weighted by Crippen LogP contribution is -2.48. The van der Waals surface area contributed by atoms with E-state index in [0.29, 0.717) is 19.6 Å². The van der Waals surface area contributed by atoms with Crippen LogP contribution < -0.4 is 0 Å². The minimum atomic E-state index is -0.775. The molecule has 0 atom stereocenters. The number of nitrogens with zero attached hydrogens (tertiary/aromatic N) is 2. The van der Waals surface area contributed by atoms with Gasteiger partial charge in [0.1, 0.15) is 0 Å². The van der Waals surface area contributed by atoms with E-state index < -0.39 is 5.97 Å². The van der Waals surface area contributed by atoms with E-state index in [2.05, 4.69) is 4.90 Å². The summed E-state index contributed by atoms with van der Waals surface area (Å²) in [5.41, 5.74) is 0. The van der Waals surface area contributed by atoms with Crippen molar-refractivity contribution in [1.82, 2.24) is 9.80 Å². The molecule has 5 nitrogen and oxygen atoms in total. The van der Waals surface area contributed by atoms with Crippen LogP contribution in [0.4, 0.5) is 0 Å². The minimum absolute atomic E-state index is 0.0268. The molecule has 1 aliphatic rings. The molecule has 0 aromatic carbocycles. The second kappa shape index (κ2) is 7.38. The number of thiophene rings is 1. The fourth-order valence-electron chi connectivity index (χ4n) is 2.25. The molecule has 114 valence electrons. The van der Waals surface area contributed by atoms with E-state index in [1.807, 2.05) is 30.0 Å². The molecule has 0 bridgehead atoms. The van der Waals surface area contributed by atoms with Crippen molar-refractivity contribution >= 4 is 29.3 Å². The molecule has 0 aliphatic carbocycles. The number of carboxylic acids is 1. The summed E-state index contributed by atoms with van der Waals surface area (Å²) in [4.78, 5) is 28.8. The van der Waals surface area contributed by atoms with Crippen molar-refractivity contribution in [3.8, 4) is 0 Å². The fraction of sp³-hybridized carbons (Fsp3) is 0.467. The Bertz CT molecular complexity index is 531. The number of carbonyl (C=O) groups excluding carboxylic acids is 1.